The Labute approximate surface area is 279 Å². The zero-order chi connectivity index (χ0) is 34.5. The van der Waals surface area contributed by atoms with Crippen LogP contribution in [0.25, 0.3) is 11.1 Å². The average molecular weight is 649 g/mol. The molecule has 4 aromatic rings. The summed E-state index contributed by atoms with van der Waals surface area (Å²) in [6.07, 6.45) is 3.55. The number of aliphatic hydroxyl groups excluding tert-OH is 1. The molecule has 1 saturated heterocycles. The fourth-order valence-electron chi connectivity index (χ4n) is 5.70. The summed E-state index contributed by atoms with van der Waals surface area (Å²) in [6, 6.07) is 19.5. The van der Waals surface area contributed by atoms with Crippen LogP contribution in [-0.4, -0.2) is 65.6 Å². The Kier molecular flexibility index (Phi) is 10.1. The number of aromatic nitrogens is 1. The number of amides is 3. The number of nitrogens with one attached hydrogen (secondary N) is 3. The number of nitrogens with zero attached hydrogens (tertiary/aromatic N) is 3. The molecule has 48 heavy (non-hydrogen) atoms. The van der Waals surface area contributed by atoms with Crippen LogP contribution in [0.2, 0.25) is 0 Å². The number of aliphatic hydroxyl groups is 1. The summed E-state index contributed by atoms with van der Waals surface area (Å²) in [5.41, 5.74) is 5.49. The number of benzene rings is 3. The number of carbonyl (C=O) groups excluding carboxylic acids is 3. The average Bonchev–Trinajstić information content (AvgIpc) is 3.07. The molecule has 2 heterocycles. The molecule has 4 N–H and O–H groups in total. The van der Waals surface area contributed by atoms with E-state index in [1.54, 1.807) is 54.5 Å². The van der Waals surface area contributed by atoms with Crippen LogP contribution in [-0.2, 0) is 11.8 Å². The van der Waals surface area contributed by atoms with Gasteiger partial charge in [-0.25, -0.2) is 0 Å². The van der Waals surface area contributed by atoms with Gasteiger partial charge in [-0.15, -0.1) is 0 Å². The molecule has 5 rings (SSSR count). The van der Waals surface area contributed by atoms with E-state index in [4.69, 9.17) is 0 Å². The van der Waals surface area contributed by atoms with Gasteiger partial charge in [0.15, 0.2) is 0 Å². The van der Waals surface area contributed by atoms with E-state index in [-0.39, 0.29) is 40.9 Å². The number of β-amino-alcohol motifs (C(OH)–C–C–N with tert-alkyl or cyclic N) is 1. The summed E-state index contributed by atoms with van der Waals surface area (Å²) in [6.45, 7) is 6.13. The van der Waals surface area contributed by atoms with Crippen molar-refractivity contribution in [3.63, 3.8) is 0 Å². The maximum atomic E-state index is 13.4. The number of piperidine rings is 1. The summed E-state index contributed by atoms with van der Waals surface area (Å²) in [4.78, 5) is 55.6. The minimum absolute atomic E-state index is 0.213. The molecule has 11 heteroatoms. The minimum Gasteiger partial charge on any atom is -0.391 e. The zero-order valence-corrected chi connectivity index (χ0v) is 27.5. The molecule has 0 radical (unpaired) electrons. The van der Waals surface area contributed by atoms with Gasteiger partial charge in [0.25, 0.3) is 17.4 Å². The summed E-state index contributed by atoms with van der Waals surface area (Å²) in [5.74, 6) is -1.04. The lowest BCUT2D eigenvalue weighted by Crippen LogP contribution is -2.42. The van der Waals surface area contributed by atoms with E-state index in [0.29, 0.717) is 36.3 Å². The molecular formula is C37H40N6O5. The summed E-state index contributed by atoms with van der Waals surface area (Å²) in [7, 11) is 5.53. The first-order valence-electron chi connectivity index (χ1n) is 15.7. The standard InChI is InChI=1S/C37H40N6O5/c1-6-34(45)39-32-20-26(14-17-30(32)36(47)43-18-8-9-28(44)22-43)38-33-19-25(21-42(5)37(33)48)29-10-7-11-31(23(29)2)40-35(46)24-12-15-27(16-13-24)41(3)4/h6-7,10-17,19-21,28,38,44H,1,8-9,18,22H2,2-5H3,(H,39,45)(H,40,46). The highest BCUT2D eigenvalue weighted by atomic mass is 16.3. The fourth-order valence-corrected chi connectivity index (χ4v) is 5.70. The molecule has 1 aliphatic heterocycles. The molecule has 3 aromatic carbocycles. The van der Waals surface area contributed by atoms with Crippen LogP contribution >= 0.6 is 0 Å². The summed E-state index contributed by atoms with van der Waals surface area (Å²) < 4.78 is 1.47. The molecule has 1 fully saturated rings. The molecule has 1 atom stereocenters. The van der Waals surface area contributed by atoms with Gasteiger partial charge in [0.05, 0.1) is 17.4 Å². The Bertz CT molecular complexity index is 1930. The lowest BCUT2D eigenvalue weighted by molar-refractivity contribution is -0.111. The number of pyridine rings is 1. The first-order chi connectivity index (χ1) is 22.9. The molecular weight excluding hydrogens is 608 g/mol. The van der Waals surface area contributed by atoms with Crippen molar-refractivity contribution in [3.05, 3.63) is 113 Å². The van der Waals surface area contributed by atoms with Crippen LogP contribution in [0.5, 0.6) is 0 Å². The second-order valence-corrected chi connectivity index (χ2v) is 12.1. The SMILES string of the molecule is C=CC(=O)Nc1cc(Nc2cc(-c3cccc(NC(=O)c4ccc(N(C)C)cc4)c3C)cn(C)c2=O)ccc1C(=O)N1CCCC(O)C1. The van der Waals surface area contributed by atoms with Gasteiger partial charge in [-0.1, -0.05) is 18.7 Å². The van der Waals surface area contributed by atoms with Crippen molar-refractivity contribution in [2.75, 3.05) is 48.0 Å². The highest BCUT2D eigenvalue weighted by Gasteiger charge is 2.25. The van der Waals surface area contributed by atoms with Crippen LogP contribution in [0.3, 0.4) is 0 Å². The second kappa shape index (κ2) is 14.4. The number of likely N-dealkylation sites (tertiary alicyclic amines) is 1. The normalized spacial score (nSPS) is 14.2. The third-order valence-electron chi connectivity index (χ3n) is 8.38. The molecule has 1 aromatic heterocycles. The van der Waals surface area contributed by atoms with Crippen molar-refractivity contribution in [3.8, 4) is 11.1 Å². The highest BCUT2D eigenvalue weighted by Crippen LogP contribution is 2.31. The van der Waals surface area contributed by atoms with E-state index in [1.165, 1.54) is 4.57 Å². The molecule has 3 amide bonds. The van der Waals surface area contributed by atoms with Crippen LogP contribution in [0.4, 0.5) is 28.4 Å². The topological polar surface area (TPSA) is 136 Å². The van der Waals surface area contributed by atoms with Crippen molar-refractivity contribution < 1.29 is 19.5 Å². The monoisotopic (exact) mass is 648 g/mol. The number of rotatable bonds is 9. The molecule has 1 unspecified atom stereocenters. The molecule has 0 bridgehead atoms. The second-order valence-electron chi connectivity index (χ2n) is 12.1. The zero-order valence-electron chi connectivity index (χ0n) is 27.5. The first-order valence-corrected chi connectivity index (χ1v) is 15.7. The molecule has 1 aliphatic rings. The summed E-state index contributed by atoms with van der Waals surface area (Å²) >= 11 is 0. The van der Waals surface area contributed by atoms with Gasteiger partial charge < -0.3 is 35.4 Å². The highest BCUT2D eigenvalue weighted by molar-refractivity contribution is 6.07. The van der Waals surface area contributed by atoms with Crippen LogP contribution < -0.4 is 26.4 Å². The Hall–Kier alpha value is -5.68. The Balaban J connectivity index is 1.43. The number of aryl methyl sites for hydroxylation is 1. The van der Waals surface area contributed by atoms with Gasteiger partial charge in [0.2, 0.25) is 5.91 Å². The van der Waals surface area contributed by atoms with Gasteiger partial charge in [-0.2, -0.15) is 0 Å². The van der Waals surface area contributed by atoms with Crippen LogP contribution in [0.1, 0.15) is 39.1 Å². The Morgan fingerprint density at radius 3 is 2.42 bits per heavy atom. The van der Waals surface area contributed by atoms with E-state index in [2.05, 4.69) is 22.5 Å². The fraction of sp³-hybridized carbons (Fsp3) is 0.243. The predicted molar refractivity (Wildman–Crippen MR) is 190 cm³/mol. The van der Waals surface area contributed by atoms with Gasteiger partial charge in [0.1, 0.15) is 5.69 Å². The van der Waals surface area contributed by atoms with Crippen molar-refractivity contribution >= 4 is 46.2 Å². The quantitative estimate of drug-likeness (QED) is 0.185. The molecule has 11 nitrogen and oxygen atoms in total. The third-order valence-corrected chi connectivity index (χ3v) is 8.38. The van der Waals surface area contributed by atoms with Crippen molar-refractivity contribution in [2.24, 2.45) is 7.05 Å². The van der Waals surface area contributed by atoms with Gasteiger partial charge in [-0.05, 0) is 91.6 Å². The lowest BCUT2D eigenvalue weighted by atomic mass is 9.99. The maximum Gasteiger partial charge on any atom is 0.274 e. The number of carbonyl (C=O) groups is 3. The number of hydrogen-bond donors (Lipinski definition) is 4. The van der Waals surface area contributed by atoms with Crippen LogP contribution in [0.15, 0.2) is 90.4 Å². The van der Waals surface area contributed by atoms with Crippen LogP contribution in [0, 0.1) is 6.92 Å². The van der Waals surface area contributed by atoms with Gasteiger partial charge in [-0.3, -0.25) is 19.2 Å². The van der Waals surface area contributed by atoms with E-state index >= 15 is 0 Å². The van der Waals surface area contributed by atoms with E-state index < -0.39 is 12.0 Å². The Morgan fingerprint density at radius 2 is 1.73 bits per heavy atom. The largest absolute Gasteiger partial charge is 0.391 e. The van der Waals surface area contributed by atoms with Crippen molar-refractivity contribution in [1.29, 1.82) is 0 Å². The van der Waals surface area contributed by atoms with Crippen molar-refractivity contribution in [1.82, 2.24) is 9.47 Å². The molecule has 0 aliphatic carbocycles. The Morgan fingerprint density at radius 1 is 0.979 bits per heavy atom. The van der Waals surface area contributed by atoms with Gasteiger partial charge >= 0.3 is 0 Å². The first kappa shape index (κ1) is 33.7. The predicted octanol–water partition coefficient (Wildman–Crippen LogP) is 5.14. The van der Waals surface area contributed by atoms with Gasteiger partial charge in [0, 0.05) is 68.6 Å². The number of hydrogen-bond acceptors (Lipinski definition) is 7. The van der Waals surface area contributed by atoms with E-state index in [0.717, 1.165) is 28.5 Å². The minimum atomic E-state index is -0.598. The van der Waals surface area contributed by atoms with E-state index in [1.807, 2.05) is 56.3 Å². The number of anilines is 5. The third kappa shape index (κ3) is 7.48. The smallest absolute Gasteiger partial charge is 0.274 e. The molecule has 0 saturated carbocycles. The summed E-state index contributed by atoms with van der Waals surface area (Å²) in [5, 5.41) is 19.0. The molecule has 248 valence electrons. The van der Waals surface area contributed by atoms with E-state index in [9.17, 15) is 24.3 Å². The van der Waals surface area contributed by atoms with Crippen molar-refractivity contribution in [2.45, 2.75) is 25.9 Å². The maximum absolute atomic E-state index is 13.4. The lowest BCUT2D eigenvalue weighted by Gasteiger charge is -2.30. The molecule has 0 spiro atoms.